The van der Waals surface area contributed by atoms with Crippen LogP contribution in [0.15, 0.2) is 36.9 Å². The average molecular weight is 368 g/mol. The van der Waals surface area contributed by atoms with Crippen molar-refractivity contribution in [1.82, 2.24) is 24.3 Å². The molecule has 1 aliphatic rings. The van der Waals surface area contributed by atoms with Crippen molar-refractivity contribution in [2.75, 3.05) is 5.32 Å². The van der Waals surface area contributed by atoms with Gasteiger partial charge in [-0.2, -0.15) is 4.98 Å². The largest absolute Gasteiger partial charge is 0.351 e. The number of fused-ring (bicyclic) bond motifs is 2. The summed E-state index contributed by atoms with van der Waals surface area (Å²) in [5.74, 6) is 1.30. The van der Waals surface area contributed by atoms with E-state index in [1.165, 1.54) is 23.4 Å². The van der Waals surface area contributed by atoms with E-state index < -0.39 is 6.43 Å². The number of imidazole rings is 1. The minimum absolute atomic E-state index is 0.122. The Balaban J connectivity index is 1.52. The van der Waals surface area contributed by atoms with Crippen LogP contribution in [0.5, 0.6) is 0 Å². The molecule has 27 heavy (non-hydrogen) atoms. The molecule has 0 spiro atoms. The molecule has 0 bridgehead atoms. The van der Waals surface area contributed by atoms with Crippen LogP contribution in [0.3, 0.4) is 0 Å². The van der Waals surface area contributed by atoms with Gasteiger partial charge in [0.1, 0.15) is 17.0 Å². The van der Waals surface area contributed by atoms with Crippen molar-refractivity contribution < 1.29 is 8.78 Å². The number of H-pyrrole nitrogens is 1. The Morgan fingerprint density at radius 1 is 1.22 bits per heavy atom. The van der Waals surface area contributed by atoms with Gasteiger partial charge < -0.3 is 10.3 Å². The quantitative estimate of drug-likeness (QED) is 0.547. The second-order valence-electron chi connectivity index (χ2n) is 7.06. The predicted molar refractivity (Wildman–Crippen MR) is 98.8 cm³/mol. The number of anilines is 1. The number of nitrogens with one attached hydrogen (secondary N) is 2. The Hall–Kier alpha value is -3.03. The van der Waals surface area contributed by atoms with Gasteiger partial charge in [0.25, 0.3) is 6.43 Å². The monoisotopic (exact) mass is 368 g/mol. The fourth-order valence-electron chi connectivity index (χ4n) is 3.45. The van der Waals surface area contributed by atoms with E-state index in [1.807, 2.05) is 12.3 Å². The Labute approximate surface area is 153 Å². The number of rotatable bonds is 5. The second-order valence-corrected chi connectivity index (χ2v) is 7.06. The lowest BCUT2D eigenvalue weighted by Crippen LogP contribution is -2.18. The van der Waals surface area contributed by atoms with Crippen molar-refractivity contribution in [3.8, 4) is 11.1 Å². The van der Waals surface area contributed by atoms with Gasteiger partial charge in [-0.1, -0.05) is 0 Å². The summed E-state index contributed by atoms with van der Waals surface area (Å²) in [6, 6.07) is 3.95. The van der Waals surface area contributed by atoms with Gasteiger partial charge in [0.2, 0.25) is 5.95 Å². The zero-order valence-electron chi connectivity index (χ0n) is 14.7. The van der Waals surface area contributed by atoms with E-state index in [4.69, 9.17) is 0 Å². The molecule has 5 rings (SSSR count). The fraction of sp³-hybridized carbons (Fsp3) is 0.316. The highest BCUT2D eigenvalue weighted by atomic mass is 19.3. The first-order valence-corrected chi connectivity index (χ1v) is 8.96. The molecule has 1 saturated carbocycles. The molecule has 0 radical (unpaired) electrons. The van der Waals surface area contributed by atoms with Crippen LogP contribution in [0.2, 0.25) is 0 Å². The molecule has 0 aliphatic heterocycles. The summed E-state index contributed by atoms with van der Waals surface area (Å²) >= 11 is 0. The van der Waals surface area contributed by atoms with Crippen LogP contribution in [0.4, 0.5) is 14.7 Å². The van der Waals surface area contributed by atoms with Crippen molar-refractivity contribution in [2.24, 2.45) is 5.92 Å². The minimum atomic E-state index is -2.58. The van der Waals surface area contributed by atoms with E-state index >= 15 is 0 Å². The summed E-state index contributed by atoms with van der Waals surface area (Å²) in [4.78, 5) is 16.2. The Kier molecular flexibility index (Phi) is 3.60. The molecule has 0 unspecified atom stereocenters. The maximum Gasteiger partial charge on any atom is 0.280 e. The third kappa shape index (κ3) is 2.81. The summed E-state index contributed by atoms with van der Waals surface area (Å²) in [6.07, 6.45) is 6.40. The van der Waals surface area contributed by atoms with E-state index in [9.17, 15) is 8.78 Å². The van der Waals surface area contributed by atoms with Crippen LogP contribution >= 0.6 is 0 Å². The molecule has 0 amide bonds. The zero-order valence-corrected chi connectivity index (χ0v) is 14.7. The van der Waals surface area contributed by atoms with Crippen LogP contribution < -0.4 is 5.32 Å². The van der Waals surface area contributed by atoms with Crippen LogP contribution in [0.1, 0.15) is 31.9 Å². The predicted octanol–water partition coefficient (Wildman–Crippen LogP) is 4.42. The molecule has 4 heterocycles. The van der Waals surface area contributed by atoms with E-state index in [-0.39, 0.29) is 5.69 Å². The van der Waals surface area contributed by atoms with E-state index in [2.05, 4.69) is 32.2 Å². The molecule has 0 saturated heterocycles. The van der Waals surface area contributed by atoms with Crippen LogP contribution in [-0.4, -0.2) is 30.4 Å². The van der Waals surface area contributed by atoms with Crippen molar-refractivity contribution in [2.45, 2.75) is 32.2 Å². The standard InChI is InChI=1S/C19H18F2N6/c1-10(11-2-3-11)25-19-24-7-14-13(6-23-18(14)26-19)12-4-5-16-22-8-15(17(20)21)27(16)9-12/h4-11,17H,2-3H2,1H3,(H2,23,24,25,26)/t10-/m1/s1. The number of nitrogens with zero attached hydrogens (tertiary/aromatic N) is 4. The SMILES string of the molecule is C[C@@H](Nc1ncc2c(-c3ccc4ncc(C(F)F)n4c3)c[nH]c2n1)C1CC1. The van der Waals surface area contributed by atoms with Gasteiger partial charge in [-0.3, -0.25) is 4.40 Å². The minimum Gasteiger partial charge on any atom is -0.351 e. The molecule has 6 nitrogen and oxygen atoms in total. The molecule has 1 aliphatic carbocycles. The smallest absolute Gasteiger partial charge is 0.280 e. The second kappa shape index (κ2) is 6.00. The number of hydrogen-bond acceptors (Lipinski definition) is 4. The Bertz CT molecular complexity index is 1130. The first kappa shape index (κ1) is 16.2. The highest BCUT2D eigenvalue weighted by molar-refractivity contribution is 5.93. The lowest BCUT2D eigenvalue weighted by Gasteiger charge is -2.12. The molecule has 1 atom stereocenters. The third-order valence-corrected chi connectivity index (χ3v) is 5.19. The summed E-state index contributed by atoms with van der Waals surface area (Å²) < 4.78 is 27.8. The molecular weight excluding hydrogens is 350 g/mol. The first-order valence-electron chi connectivity index (χ1n) is 8.96. The number of aromatic nitrogens is 5. The molecule has 1 fully saturated rings. The van der Waals surface area contributed by atoms with Crippen molar-refractivity contribution in [3.05, 3.63) is 42.6 Å². The molecule has 4 aromatic rings. The Morgan fingerprint density at radius 3 is 2.85 bits per heavy atom. The summed E-state index contributed by atoms with van der Waals surface area (Å²) in [5.41, 5.74) is 2.74. The first-order chi connectivity index (χ1) is 13.1. The highest BCUT2D eigenvalue weighted by Gasteiger charge is 2.28. The lowest BCUT2D eigenvalue weighted by molar-refractivity contribution is 0.145. The number of hydrogen-bond donors (Lipinski definition) is 2. The molecule has 8 heteroatoms. The Morgan fingerprint density at radius 2 is 2.07 bits per heavy atom. The number of alkyl halides is 2. The van der Waals surface area contributed by atoms with E-state index in [0.29, 0.717) is 29.2 Å². The fourth-order valence-corrected chi connectivity index (χ4v) is 3.45. The van der Waals surface area contributed by atoms with Gasteiger partial charge in [-0.25, -0.2) is 18.7 Å². The number of halogens is 2. The maximum atomic E-state index is 13.2. The van der Waals surface area contributed by atoms with Crippen molar-refractivity contribution in [3.63, 3.8) is 0 Å². The zero-order chi connectivity index (χ0) is 18.5. The van der Waals surface area contributed by atoms with E-state index in [0.717, 1.165) is 16.5 Å². The van der Waals surface area contributed by atoms with Gasteiger partial charge >= 0.3 is 0 Å². The summed E-state index contributed by atoms with van der Waals surface area (Å²) in [5, 5.41) is 4.19. The third-order valence-electron chi connectivity index (χ3n) is 5.19. The molecule has 2 N–H and O–H groups in total. The normalized spacial score (nSPS) is 15.7. The van der Waals surface area contributed by atoms with Crippen molar-refractivity contribution in [1.29, 1.82) is 0 Å². The number of aromatic amines is 1. The van der Waals surface area contributed by atoms with Gasteiger partial charge in [-0.05, 0) is 37.8 Å². The molecule has 4 aromatic heterocycles. The lowest BCUT2D eigenvalue weighted by atomic mass is 10.1. The van der Waals surface area contributed by atoms with Crippen LogP contribution in [0.25, 0.3) is 27.8 Å². The van der Waals surface area contributed by atoms with E-state index in [1.54, 1.807) is 18.5 Å². The number of pyridine rings is 1. The molecular formula is C19H18F2N6. The summed E-state index contributed by atoms with van der Waals surface area (Å²) in [6.45, 7) is 2.15. The van der Waals surface area contributed by atoms with Gasteiger partial charge in [-0.15, -0.1) is 0 Å². The van der Waals surface area contributed by atoms with Gasteiger partial charge in [0.05, 0.1) is 6.20 Å². The molecule has 138 valence electrons. The molecule has 0 aromatic carbocycles. The van der Waals surface area contributed by atoms with Gasteiger partial charge in [0, 0.05) is 41.1 Å². The maximum absolute atomic E-state index is 13.2. The van der Waals surface area contributed by atoms with Crippen LogP contribution in [0, 0.1) is 5.92 Å². The van der Waals surface area contributed by atoms with Crippen molar-refractivity contribution >= 4 is 22.6 Å². The topological polar surface area (TPSA) is 70.9 Å². The average Bonchev–Trinajstić information content (AvgIpc) is 3.29. The van der Waals surface area contributed by atoms with Crippen LogP contribution in [-0.2, 0) is 0 Å². The van der Waals surface area contributed by atoms with Gasteiger partial charge in [0.15, 0.2) is 0 Å². The highest BCUT2D eigenvalue weighted by Crippen LogP contribution is 2.34. The summed E-state index contributed by atoms with van der Waals surface area (Å²) in [7, 11) is 0.